The molecular formula is C14H8N2O2. The summed E-state index contributed by atoms with van der Waals surface area (Å²) in [6, 6.07) is 13.1. The lowest BCUT2D eigenvalue weighted by molar-refractivity contribution is 0.486. The summed E-state index contributed by atoms with van der Waals surface area (Å²) in [5, 5.41) is 8.08. The maximum atomic E-state index is 11.8. The van der Waals surface area contributed by atoms with Crippen molar-refractivity contribution in [2.24, 2.45) is 0 Å². The van der Waals surface area contributed by atoms with Gasteiger partial charge in [0.15, 0.2) is 0 Å². The third-order valence-corrected chi connectivity index (χ3v) is 3.14. The van der Waals surface area contributed by atoms with Crippen molar-refractivity contribution in [1.82, 2.24) is 10.2 Å². The Hall–Kier alpha value is -2.62. The zero-order valence-electron chi connectivity index (χ0n) is 9.31. The summed E-state index contributed by atoms with van der Waals surface area (Å²) in [4.78, 5) is 11.8. The summed E-state index contributed by atoms with van der Waals surface area (Å²) in [7, 11) is 0. The summed E-state index contributed by atoms with van der Waals surface area (Å²) in [6.45, 7) is 0. The molecule has 86 valence electrons. The molecule has 4 heteroatoms. The highest BCUT2D eigenvalue weighted by Crippen LogP contribution is 2.43. The molecule has 0 aliphatic carbocycles. The third kappa shape index (κ3) is 1.09. The van der Waals surface area contributed by atoms with Gasteiger partial charge in [-0.1, -0.05) is 18.2 Å². The van der Waals surface area contributed by atoms with Gasteiger partial charge in [-0.25, -0.2) is 5.10 Å². The van der Waals surface area contributed by atoms with Gasteiger partial charge >= 0.3 is 0 Å². The number of rotatable bonds is 0. The molecule has 0 radical (unpaired) electrons. The predicted molar refractivity (Wildman–Crippen MR) is 67.9 cm³/mol. The van der Waals surface area contributed by atoms with E-state index >= 15 is 0 Å². The van der Waals surface area contributed by atoms with Crippen LogP contribution in [0.1, 0.15) is 0 Å². The van der Waals surface area contributed by atoms with E-state index < -0.39 is 0 Å². The van der Waals surface area contributed by atoms with E-state index in [1.807, 2.05) is 36.4 Å². The SMILES string of the molecule is O=c1[nH]nc2c3c(cccc13)Oc1ccccc1-2. The van der Waals surface area contributed by atoms with Crippen LogP contribution in [0, 0.1) is 0 Å². The smallest absolute Gasteiger partial charge is 0.272 e. The molecule has 3 aromatic rings. The molecule has 0 spiro atoms. The van der Waals surface area contributed by atoms with Crippen LogP contribution in [0.2, 0.25) is 0 Å². The van der Waals surface area contributed by atoms with Gasteiger partial charge in [0, 0.05) is 5.56 Å². The number of hydrogen-bond acceptors (Lipinski definition) is 3. The number of fused-ring (bicyclic) bond motifs is 2. The van der Waals surface area contributed by atoms with Crippen molar-refractivity contribution >= 4 is 10.8 Å². The minimum Gasteiger partial charge on any atom is -0.456 e. The van der Waals surface area contributed by atoms with Crippen LogP contribution in [0.5, 0.6) is 11.5 Å². The van der Waals surface area contributed by atoms with Crippen molar-refractivity contribution in [2.45, 2.75) is 0 Å². The van der Waals surface area contributed by atoms with Gasteiger partial charge < -0.3 is 4.74 Å². The normalized spacial score (nSPS) is 12.0. The molecule has 0 amide bonds. The molecule has 2 heterocycles. The maximum Gasteiger partial charge on any atom is 0.272 e. The van der Waals surface area contributed by atoms with E-state index in [-0.39, 0.29) is 5.56 Å². The first kappa shape index (κ1) is 9.41. The molecule has 1 aliphatic heterocycles. The van der Waals surface area contributed by atoms with Gasteiger partial charge in [0.25, 0.3) is 5.56 Å². The number of ether oxygens (including phenoxy) is 1. The molecule has 1 aliphatic rings. The number of nitrogens with zero attached hydrogens (tertiary/aromatic N) is 1. The zero-order chi connectivity index (χ0) is 12.1. The Morgan fingerprint density at radius 3 is 2.78 bits per heavy atom. The average molecular weight is 236 g/mol. The van der Waals surface area contributed by atoms with E-state index in [1.54, 1.807) is 6.07 Å². The topological polar surface area (TPSA) is 55.0 Å². The van der Waals surface area contributed by atoms with Crippen LogP contribution in [0.3, 0.4) is 0 Å². The number of benzene rings is 2. The minimum absolute atomic E-state index is 0.196. The Bertz CT molecular complexity index is 837. The van der Waals surface area contributed by atoms with Crippen LogP contribution in [0.25, 0.3) is 22.0 Å². The Labute approximate surface area is 102 Å². The van der Waals surface area contributed by atoms with Crippen LogP contribution >= 0.6 is 0 Å². The second-order valence-electron chi connectivity index (χ2n) is 4.18. The number of nitrogens with one attached hydrogen (secondary N) is 1. The fourth-order valence-electron chi connectivity index (χ4n) is 2.34. The van der Waals surface area contributed by atoms with E-state index in [2.05, 4.69) is 10.2 Å². The molecule has 4 nitrogen and oxygen atoms in total. The van der Waals surface area contributed by atoms with E-state index in [1.165, 1.54) is 0 Å². The van der Waals surface area contributed by atoms with E-state index in [0.717, 1.165) is 22.4 Å². The first-order valence-electron chi connectivity index (χ1n) is 5.63. The van der Waals surface area contributed by atoms with E-state index in [0.29, 0.717) is 11.1 Å². The van der Waals surface area contributed by atoms with Crippen molar-refractivity contribution in [2.75, 3.05) is 0 Å². The Balaban J connectivity index is 2.25. The van der Waals surface area contributed by atoms with Gasteiger partial charge in [0.05, 0.1) is 10.8 Å². The maximum absolute atomic E-state index is 11.8. The monoisotopic (exact) mass is 236 g/mol. The third-order valence-electron chi connectivity index (χ3n) is 3.14. The van der Waals surface area contributed by atoms with Gasteiger partial charge in [0.2, 0.25) is 0 Å². The van der Waals surface area contributed by atoms with Gasteiger partial charge in [0.1, 0.15) is 17.2 Å². The van der Waals surface area contributed by atoms with Crippen LogP contribution in [0.15, 0.2) is 47.3 Å². The lowest BCUT2D eigenvalue weighted by Crippen LogP contribution is -2.11. The Morgan fingerprint density at radius 1 is 1.00 bits per heavy atom. The fourth-order valence-corrected chi connectivity index (χ4v) is 2.34. The standard InChI is InChI=1S/C14H8N2O2/c17-14-9-5-3-7-11-12(9)13(15-16-14)8-4-1-2-6-10(8)18-11/h1-7H,(H,16,17). The molecule has 0 saturated heterocycles. The predicted octanol–water partition coefficient (Wildman–Crippen LogP) is 2.70. The molecular weight excluding hydrogens is 228 g/mol. The van der Waals surface area contributed by atoms with Crippen LogP contribution in [0.4, 0.5) is 0 Å². The quantitative estimate of drug-likeness (QED) is 0.510. The molecule has 0 saturated carbocycles. The second kappa shape index (κ2) is 3.20. The van der Waals surface area contributed by atoms with Gasteiger partial charge in [-0.05, 0) is 24.3 Å². The zero-order valence-corrected chi connectivity index (χ0v) is 9.31. The largest absolute Gasteiger partial charge is 0.456 e. The highest BCUT2D eigenvalue weighted by atomic mass is 16.5. The van der Waals surface area contributed by atoms with Crippen molar-refractivity contribution in [1.29, 1.82) is 0 Å². The Kier molecular flexibility index (Phi) is 1.67. The number of hydrogen-bond donors (Lipinski definition) is 1. The van der Waals surface area contributed by atoms with Gasteiger partial charge in [-0.2, -0.15) is 5.10 Å². The highest BCUT2D eigenvalue weighted by Gasteiger charge is 2.21. The second-order valence-corrected chi connectivity index (χ2v) is 4.18. The molecule has 1 N–H and O–H groups in total. The minimum atomic E-state index is -0.196. The number of aromatic amines is 1. The summed E-state index contributed by atoms with van der Waals surface area (Å²) in [6.07, 6.45) is 0. The van der Waals surface area contributed by atoms with Gasteiger partial charge in [-0.3, -0.25) is 4.79 Å². The summed E-state index contributed by atoms with van der Waals surface area (Å²) < 4.78 is 5.81. The molecule has 0 unspecified atom stereocenters. The van der Waals surface area contributed by atoms with E-state index in [4.69, 9.17) is 4.74 Å². The molecule has 4 rings (SSSR count). The molecule has 1 aromatic heterocycles. The van der Waals surface area contributed by atoms with Crippen molar-refractivity contribution in [3.63, 3.8) is 0 Å². The number of para-hydroxylation sites is 1. The molecule has 0 bridgehead atoms. The lowest BCUT2D eigenvalue weighted by atomic mass is 10.0. The van der Waals surface area contributed by atoms with Crippen molar-refractivity contribution in [3.05, 3.63) is 52.8 Å². The summed E-state index contributed by atoms with van der Waals surface area (Å²) in [5.41, 5.74) is 1.47. The molecule has 0 atom stereocenters. The average Bonchev–Trinajstić information content (AvgIpc) is 2.42. The van der Waals surface area contributed by atoms with Gasteiger partial charge in [-0.15, -0.1) is 0 Å². The first-order valence-corrected chi connectivity index (χ1v) is 5.63. The summed E-state index contributed by atoms with van der Waals surface area (Å²) >= 11 is 0. The molecule has 18 heavy (non-hydrogen) atoms. The number of aromatic nitrogens is 2. The van der Waals surface area contributed by atoms with Crippen molar-refractivity contribution in [3.8, 4) is 22.8 Å². The Morgan fingerprint density at radius 2 is 1.83 bits per heavy atom. The fraction of sp³-hybridized carbons (Fsp3) is 0. The number of H-pyrrole nitrogens is 1. The van der Waals surface area contributed by atoms with Crippen LogP contribution < -0.4 is 10.3 Å². The van der Waals surface area contributed by atoms with E-state index in [9.17, 15) is 4.79 Å². The highest BCUT2D eigenvalue weighted by molar-refractivity contribution is 6.01. The van der Waals surface area contributed by atoms with Crippen LogP contribution in [-0.4, -0.2) is 10.2 Å². The van der Waals surface area contributed by atoms with Crippen molar-refractivity contribution < 1.29 is 4.74 Å². The summed E-state index contributed by atoms with van der Waals surface area (Å²) in [5.74, 6) is 1.44. The first-order chi connectivity index (χ1) is 8.84. The lowest BCUT2D eigenvalue weighted by Gasteiger charge is -2.19. The molecule has 0 fully saturated rings. The van der Waals surface area contributed by atoms with Crippen LogP contribution in [-0.2, 0) is 0 Å². The molecule has 2 aromatic carbocycles.